The van der Waals surface area contributed by atoms with E-state index in [9.17, 15) is 37.3 Å². The molecule has 0 fully saturated rings. The Bertz CT molecular complexity index is 1200. The number of benzene rings is 2. The van der Waals surface area contributed by atoms with Gasteiger partial charge in [-0.25, -0.2) is 9.59 Å². The lowest BCUT2D eigenvalue weighted by molar-refractivity contribution is -0.385. The monoisotopic (exact) mass is 477 g/mol. The van der Waals surface area contributed by atoms with E-state index in [1.807, 2.05) is 0 Å². The number of halogens is 4. The first-order valence-electron chi connectivity index (χ1n) is 8.57. The van der Waals surface area contributed by atoms with Crippen LogP contribution in [0.3, 0.4) is 0 Å². The molecule has 2 aromatic rings. The third-order valence-corrected chi connectivity index (χ3v) is 4.37. The van der Waals surface area contributed by atoms with Gasteiger partial charge in [0.2, 0.25) is 0 Å². The van der Waals surface area contributed by atoms with Crippen LogP contribution in [-0.2, 0) is 0 Å². The van der Waals surface area contributed by atoms with Crippen molar-refractivity contribution >= 4 is 17.6 Å². The quantitative estimate of drug-likeness (QED) is 0.377. The molecule has 0 saturated carbocycles. The van der Waals surface area contributed by atoms with Crippen LogP contribution in [-0.4, -0.2) is 39.7 Å². The predicted octanol–water partition coefficient (Wildman–Crippen LogP) is 3.94. The first-order valence-corrected chi connectivity index (χ1v) is 8.57. The van der Waals surface area contributed by atoms with Gasteiger partial charge < -0.3 is 29.2 Å². The normalized spacial score (nSPS) is 15.9. The average molecular weight is 477 g/mol. The van der Waals surface area contributed by atoms with Gasteiger partial charge in [0.25, 0.3) is 5.69 Å². The Balaban J connectivity index is 0.000000189. The fourth-order valence-corrected chi connectivity index (χ4v) is 3.01. The number of carboxylic acids is 2. The highest BCUT2D eigenvalue weighted by Gasteiger charge is 2.47. The second-order valence-electron chi connectivity index (χ2n) is 6.49. The standard InChI is InChI=1S/C9H5F2NO6.C9H6F2O4/c1-3-6(8(13)14)4(12(15)16)2-5-7(3)18-9(10,11)17-5;1-4-5(8(12)13)2-3-6-7(4)15-9(10,11)14-6/h2H,1H3,(H,13,14);2-3H,1H3,(H,12,13). The van der Waals surface area contributed by atoms with Gasteiger partial charge in [-0.15, -0.1) is 17.6 Å². The number of ether oxygens (including phenoxy) is 4. The number of aromatic carboxylic acids is 2. The highest BCUT2D eigenvalue weighted by Crippen LogP contribution is 2.47. The van der Waals surface area contributed by atoms with E-state index < -0.39 is 52.2 Å². The van der Waals surface area contributed by atoms with E-state index in [1.165, 1.54) is 13.0 Å². The fraction of sp³-hybridized carbons (Fsp3) is 0.222. The Morgan fingerprint density at radius 1 is 0.879 bits per heavy atom. The van der Waals surface area contributed by atoms with Gasteiger partial charge in [0.05, 0.1) is 16.6 Å². The van der Waals surface area contributed by atoms with Gasteiger partial charge >= 0.3 is 24.5 Å². The number of carboxylic acid groups (broad SMARTS) is 2. The summed E-state index contributed by atoms with van der Waals surface area (Å²) in [6.07, 6.45) is -7.68. The number of alkyl halides is 4. The molecular formula is C18H11F4NO10. The smallest absolute Gasteiger partial charge is 0.478 e. The number of fused-ring (bicyclic) bond motifs is 2. The van der Waals surface area contributed by atoms with Crippen molar-refractivity contribution in [1.29, 1.82) is 0 Å². The Kier molecular flexibility index (Phi) is 5.44. The van der Waals surface area contributed by atoms with Crippen LogP contribution in [0.5, 0.6) is 23.0 Å². The molecule has 4 rings (SSSR count). The molecule has 0 radical (unpaired) electrons. The minimum atomic E-state index is -3.96. The van der Waals surface area contributed by atoms with Crippen LogP contribution in [0.15, 0.2) is 18.2 Å². The largest absolute Gasteiger partial charge is 0.586 e. The molecule has 0 unspecified atom stereocenters. The highest BCUT2D eigenvalue weighted by atomic mass is 19.3. The number of carbonyl (C=O) groups is 2. The van der Waals surface area contributed by atoms with E-state index in [1.54, 1.807) is 0 Å². The zero-order chi connectivity index (χ0) is 24.9. The van der Waals surface area contributed by atoms with Gasteiger partial charge in [-0.05, 0) is 26.0 Å². The van der Waals surface area contributed by atoms with Crippen LogP contribution in [0.1, 0.15) is 31.8 Å². The first-order chi connectivity index (χ1) is 15.1. The van der Waals surface area contributed by atoms with Gasteiger partial charge in [0.1, 0.15) is 5.56 Å². The van der Waals surface area contributed by atoms with E-state index in [2.05, 4.69) is 18.9 Å². The molecule has 33 heavy (non-hydrogen) atoms. The Morgan fingerprint density at radius 3 is 1.88 bits per heavy atom. The SMILES string of the molecule is Cc1c(C(=O)O)ccc2c1OC(F)(F)O2.Cc1c2c(cc([N+](=O)[O-])c1C(=O)O)OC(F)(F)O2. The Morgan fingerprint density at radius 2 is 1.39 bits per heavy atom. The van der Waals surface area contributed by atoms with Gasteiger partial charge in [-0.3, -0.25) is 10.1 Å². The minimum Gasteiger partial charge on any atom is -0.478 e. The molecule has 11 nitrogen and oxygen atoms in total. The van der Waals surface area contributed by atoms with E-state index in [4.69, 9.17) is 10.2 Å². The highest BCUT2D eigenvalue weighted by molar-refractivity contribution is 5.95. The van der Waals surface area contributed by atoms with Gasteiger partial charge in [0.15, 0.2) is 23.0 Å². The third kappa shape index (κ3) is 4.37. The number of nitro benzene ring substituents is 1. The number of nitrogens with zero attached hydrogens (tertiary/aromatic N) is 1. The molecule has 0 aliphatic carbocycles. The number of hydrogen-bond donors (Lipinski definition) is 2. The second-order valence-corrected chi connectivity index (χ2v) is 6.49. The third-order valence-electron chi connectivity index (χ3n) is 4.37. The maximum absolute atomic E-state index is 12.8. The van der Waals surface area contributed by atoms with Crippen molar-refractivity contribution in [1.82, 2.24) is 0 Å². The minimum absolute atomic E-state index is 0.0879. The molecule has 2 aliphatic heterocycles. The molecule has 0 saturated heterocycles. The molecule has 176 valence electrons. The molecule has 0 amide bonds. The molecule has 2 N–H and O–H groups in total. The van der Waals surface area contributed by atoms with Crippen molar-refractivity contribution in [3.8, 4) is 23.0 Å². The molecule has 0 bridgehead atoms. The van der Waals surface area contributed by atoms with E-state index in [0.717, 1.165) is 13.0 Å². The summed E-state index contributed by atoms with van der Waals surface area (Å²) in [6, 6.07) is 2.95. The van der Waals surface area contributed by atoms with Gasteiger partial charge in [-0.1, -0.05) is 0 Å². The van der Waals surface area contributed by atoms with Gasteiger partial charge in [0, 0.05) is 11.1 Å². The molecule has 2 aliphatic rings. The van der Waals surface area contributed by atoms with Crippen LogP contribution in [0.4, 0.5) is 23.2 Å². The van der Waals surface area contributed by atoms with E-state index in [-0.39, 0.29) is 28.2 Å². The molecule has 0 atom stereocenters. The van der Waals surface area contributed by atoms with Crippen molar-refractivity contribution in [2.24, 2.45) is 0 Å². The van der Waals surface area contributed by atoms with Crippen LogP contribution in [0, 0.1) is 24.0 Å². The summed E-state index contributed by atoms with van der Waals surface area (Å²) >= 11 is 0. The van der Waals surface area contributed by atoms with Crippen molar-refractivity contribution in [2.45, 2.75) is 26.4 Å². The zero-order valence-electron chi connectivity index (χ0n) is 16.4. The molecule has 0 aromatic heterocycles. The summed E-state index contributed by atoms with van der Waals surface area (Å²) in [4.78, 5) is 31.3. The van der Waals surface area contributed by atoms with Crippen molar-refractivity contribution in [3.63, 3.8) is 0 Å². The lowest BCUT2D eigenvalue weighted by Crippen LogP contribution is -2.26. The van der Waals surface area contributed by atoms with Crippen molar-refractivity contribution < 1.29 is 61.2 Å². The van der Waals surface area contributed by atoms with Crippen molar-refractivity contribution in [3.05, 3.63) is 50.6 Å². The Labute approximate surface area is 179 Å². The van der Waals surface area contributed by atoms with Crippen molar-refractivity contribution in [2.75, 3.05) is 0 Å². The fourth-order valence-electron chi connectivity index (χ4n) is 3.01. The Hall–Kier alpha value is -4.30. The first kappa shape index (κ1) is 23.4. The number of hydrogen-bond acceptors (Lipinski definition) is 8. The predicted molar refractivity (Wildman–Crippen MR) is 95.3 cm³/mol. The average Bonchev–Trinajstić information content (AvgIpc) is 3.16. The summed E-state index contributed by atoms with van der Waals surface area (Å²) < 4.78 is 67.5. The maximum Gasteiger partial charge on any atom is 0.586 e. The van der Waals surface area contributed by atoms with Crippen LogP contribution in [0.2, 0.25) is 0 Å². The summed E-state index contributed by atoms with van der Waals surface area (Å²) in [5.74, 6) is -4.26. The van der Waals surface area contributed by atoms with E-state index >= 15 is 0 Å². The summed E-state index contributed by atoms with van der Waals surface area (Å²) in [7, 11) is 0. The molecule has 0 spiro atoms. The molecular weight excluding hydrogens is 466 g/mol. The van der Waals surface area contributed by atoms with Crippen LogP contribution >= 0.6 is 0 Å². The zero-order valence-corrected chi connectivity index (χ0v) is 16.4. The van der Waals surface area contributed by atoms with Gasteiger partial charge in [-0.2, -0.15) is 0 Å². The number of rotatable bonds is 3. The summed E-state index contributed by atoms with van der Waals surface area (Å²) in [5, 5.41) is 28.3. The van der Waals surface area contributed by atoms with Crippen LogP contribution < -0.4 is 18.9 Å². The molecule has 15 heteroatoms. The maximum atomic E-state index is 12.8. The summed E-state index contributed by atoms with van der Waals surface area (Å²) in [6.45, 7) is 2.51. The molecule has 2 heterocycles. The van der Waals surface area contributed by atoms with Crippen LogP contribution in [0.25, 0.3) is 0 Å². The lowest BCUT2D eigenvalue weighted by atomic mass is 10.0. The second kappa shape index (κ2) is 7.68. The van der Waals surface area contributed by atoms with E-state index in [0.29, 0.717) is 6.07 Å². The number of nitro groups is 1. The topological polar surface area (TPSA) is 155 Å². The summed E-state index contributed by atoms with van der Waals surface area (Å²) in [5.41, 5.74) is -1.80. The molecule has 2 aromatic carbocycles. The lowest BCUT2D eigenvalue weighted by Gasteiger charge is -2.06.